The Bertz CT molecular complexity index is 1030. The van der Waals surface area contributed by atoms with Crippen molar-refractivity contribution in [2.45, 2.75) is 6.42 Å². The second-order valence-corrected chi connectivity index (χ2v) is 7.86. The highest BCUT2D eigenvalue weighted by atomic mass is 79.9. The Labute approximate surface area is 162 Å². The van der Waals surface area contributed by atoms with Gasteiger partial charge in [-0.15, -0.1) is 11.3 Å². The van der Waals surface area contributed by atoms with Crippen LogP contribution < -0.4 is 14.4 Å². The number of amides is 1. The number of carbonyl (C=O) groups is 1. The van der Waals surface area contributed by atoms with Crippen molar-refractivity contribution < 1.29 is 14.3 Å². The maximum absolute atomic E-state index is 13.0. The maximum atomic E-state index is 13.0. The number of fused-ring (bicyclic) bond motifs is 2. The maximum Gasteiger partial charge on any atom is 0.277 e. The third kappa shape index (κ3) is 2.59. The van der Waals surface area contributed by atoms with Crippen LogP contribution in [-0.2, 0) is 6.42 Å². The van der Waals surface area contributed by atoms with E-state index in [1.54, 1.807) is 4.90 Å². The SMILES string of the molecule is O=C(c1csc(-c2ccc3c(c2)OCO3)n1)N1CCc2ccc(Br)cc21. The number of rotatable bonds is 2. The number of thiazole rings is 1. The van der Waals surface area contributed by atoms with Gasteiger partial charge in [-0.2, -0.15) is 0 Å². The van der Waals surface area contributed by atoms with Crippen molar-refractivity contribution in [3.8, 4) is 22.1 Å². The number of ether oxygens (including phenoxy) is 2. The molecule has 0 fully saturated rings. The summed E-state index contributed by atoms with van der Waals surface area (Å²) in [7, 11) is 0. The summed E-state index contributed by atoms with van der Waals surface area (Å²) in [5, 5.41) is 2.61. The van der Waals surface area contributed by atoms with Crippen molar-refractivity contribution in [2.75, 3.05) is 18.2 Å². The van der Waals surface area contributed by atoms with Crippen molar-refractivity contribution in [1.29, 1.82) is 0 Å². The van der Waals surface area contributed by atoms with E-state index < -0.39 is 0 Å². The molecule has 0 saturated heterocycles. The van der Waals surface area contributed by atoms with Crippen LogP contribution >= 0.6 is 27.3 Å². The molecule has 3 aromatic rings. The first-order chi connectivity index (χ1) is 12.7. The van der Waals surface area contributed by atoms with Crippen LogP contribution in [0.3, 0.4) is 0 Å². The third-order valence-electron chi connectivity index (χ3n) is 4.53. The Morgan fingerprint density at radius 3 is 2.96 bits per heavy atom. The molecule has 0 saturated carbocycles. The zero-order valence-electron chi connectivity index (χ0n) is 13.6. The second kappa shape index (κ2) is 6.10. The number of benzene rings is 2. The van der Waals surface area contributed by atoms with Crippen LogP contribution in [0.15, 0.2) is 46.3 Å². The molecule has 0 aliphatic carbocycles. The predicted molar refractivity (Wildman–Crippen MR) is 103 cm³/mol. The Morgan fingerprint density at radius 1 is 1.15 bits per heavy atom. The lowest BCUT2D eigenvalue weighted by Crippen LogP contribution is -2.29. The Kier molecular flexibility index (Phi) is 3.72. The molecular weight excluding hydrogens is 416 g/mol. The molecule has 0 spiro atoms. The first-order valence-corrected chi connectivity index (χ1v) is 9.82. The number of carbonyl (C=O) groups excluding carboxylic acids is 1. The van der Waals surface area contributed by atoms with Gasteiger partial charge in [-0.25, -0.2) is 4.98 Å². The van der Waals surface area contributed by atoms with E-state index in [1.807, 2.05) is 35.7 Å². The summed E-state index contributed by atoms with van der Waals surface area (Å²) in [5.41, 5.74) is 3.54. The van der Waals surface area contributed by atoms with Gasteiger partial charge >= 0.3 is 0 Å². The molecule has 26 heavy (non-hydrogen) atoms. The highest BCUT2D eigenvalue weighted by Gasteiger charge is 2.27. The summed E-state index contributed by atoms with van der Waals surface area (Å²) in [6.07, 6.45) is 0.869. The first kappa shape index (κ1) is 15.8. The number of hydrogen-bond donors (Lipinski definition) is 0. The normalized spacial score (nSPS) is 14.6. The fourth-order valence-corrected chi connectivity index (χ4v) is 4.38. The molecule has 5 rings (SSSR count). The van der Waals surface area contributed by atoms with E-state index in [0.717, 1.165) is 32.9 Å². The fourth-order valence-electron chi connectivity index (χ4n) is 3.24. The van der Waals surface area contributed by atoms with Gasteiger partial charge in [0, 0.05) is 27.6 Å². The summed E-state index contributed by atoms with van der Waals surface area (Å²) in [5.74, 6) is 1.38. The van der Waals surface area contributed by atoms with E-state index >= 15 is 0 Å². The largest absolute Gasteiger partial charge is 0.454 e. The number of hydrogen-bond acceptors (Lipinski definition) is 5. The van der Waals surface area contributed by atoms with Crippen molar-refractivity contribution in [1.82, 2.24) is 4.98 Å². The number of halogens is 1. The molecular formula is C19H13BrN2O3S. The average molecular weight is 429 g/mol. The molecule has 2 aliphatic heterocycles. The molecule has 130 valence electrons. The molecule has 0 unspecified atom stereocenters. The Hall–Kier alpha value is -2.38. The molecule has 5 nitrogen and oxygen atoms in total. The van der Waals surface area contributed by atoms with Crippen LogP contribution in [0.25, 0.3) is 10.6 Å². The lowest BCUT2D eigenvalue weighted by molar-refractivity contribution is 0.0985. The van der Waals surface area contributed by atoms with Gasteiger partial charge in [0.1, 0.15) is 10.7 Å². The lowest BCUT2D eigenvalue weighted by atomic mass is 10.2. The van der Waals surface area contributed by atoms with Crippen LogP contribution in [0, 0.1) is 0 Å². The molecule has 0 N–H and O–H groups in total. The molecule has 2 aromatic carbocycles. The minimum Gasteiger partial charge on any atom is -0.454 e. The van der Waals surface area contributed by atoms with E-state index in [9.17, 15) is 4.79 Å². The van der Waals surface area contributed by atoms with Crippen molar-refractivity contribution in [2.24, 2.45) is 0 Å². The summed E-state index contributed by atoms with van der Waals surface area (Å²) in [6.45, 7) is 0.922. The standard InChI is InChI=1S/C19H13BrN2O3S/c20-13-3-1-11-5-6-22(15(11)8-13)19(23)14-9-26-18(21-14)12-2-4-16-17(7-12)25-10-24-16/h1-4,7-9H,5-6,10H2. The van der Waals surface area contributed by atoms with Crippen molar-refractivity contribution >= 4 is 38.9 Å². The Balaban J connectivity index is 1.44. The van der Waals surface area contributed by atoms with Gasteiger partial charge in [-0.3, -0.25) is 4.79 Å². The molecule has 7 heteroatoms. The second-order valence-electron chi connectivity index (χ2n) is 6.09. The molecule has 1 amide bonds. The molecule has 3 heterocycles. The molecule has 2 aliphatic rings. The van der Waals surface area contributed by atoms with Gasteiger partial charge in [0.2, 0.25) is 6.79 Å². The third-order valence-corrected chi connectivity index (χ3v) is 5.92. The van der Waals surface area contributed by atoms with E-state index in [2.05, 4.69) is 27.0 Å². The monoisotopic (exact) mass is 428 g/mol. The summed E-state index contributed by atoms with van der Waals surface area (Å²) in [6, 6.07) is 11.8. The van der Waals surface area contributed by atoms with E-state index in [4.69, 9.17) is 9.47 Å². The van der Waals surface area contributed by atoms with Crippen LogP contribution in [0.5, 0.6) is 11.5 Å². The topological polar surface area (TPSA) is 51.7 Å². The minimum atomic E-state index is -0.0647. The van der Waals surface area contributed by atoms with Gasteiger partial charge in [-0.1, -0.05) is 22.0 Å². The number of aromatic nitrogens is 1. The van der Waals surface area contributed by atoms with Crippen LogP contribution in [-0.4, -0.2) is 24.2 Å². The van der Waals surface area contributed by atoms with Gasteiger partial charge in [0.05, 0.1) is 0 Å². The van der Waals surface area contributed by atoms with Crippen LogP contribution in [0.1, 0.15) is 16.1 Å². The van der Waals surface area contributed by atoms with E-state index in [1.165, 1.54) is 16.9 Å². The summed E-state index contributed by atoms with van der Waals surface area (Å²) >= 11 is 4.94. The zero-order chi connectivity index (χ0) is 17.7. The van der Waals surface area contributed by atoms with Crippen molar-refractivity contribution in [3.63, 3.8) is 0 Å². The smallest absolute Gasteiger partial charge is 0.277 e. The highest BCUT2D eigenvalue weighted by molar-refractivity contribution is 9.10. The molecule has 0 atom stereocenters. The minimum absolute atomic E-state index is 0.0647. The van der Waals surface area contributed by atoms with Gasteiger partial charge in [0.15, 0.2) is 11.5 Å². The molecule has 0 radical (unpaired) electrons. The van der Waals surface area contributed by atoms with Gasteiger partial charge in [-0.05, 0) is 42.3 Å². The lowest BCUT2D eigenvalue weighted by Gasteiger charge is -2.16. The van der Waals surface area contributed by atoms with Crippen LogP contribution in [0.2, 0.25) is 0 Å². The summed E-state index contributed by atoms with van der Waals surface area (Å²) in [4.78, 5) is 19.3. The van der Waals surface area contributed by atoms with Gasteiger partial charge in [0.25, 0.3) is 5.91 Å². The Morgan fingerprint density at radius 2 is 2.04 bits per heavy atom. The first-order valence-electron chi connectivity index (χ1n) is 8.15. The number of anilines is 1. The predicted octanol–water partition coefficient (Wildman–Crippen LogP) is 4.50. The molecule has 1 aromatic heterocycles. The van der Waals surface area contributed by atoms with Crippen molar-refractivity contribution in [3.05, 3.63) is 57.5 Å². The highest BCUT2D eigenvalue weighted by Crippen LogP contribution is 2.37. The quantitative estimate of drug-likeness (QED) is 0.602. The zero-order valence-corrected chi connectivity index (χ0v) is 16.0. The molecule has 0 bridgehead atoms. The van der Waals surface area contributed by atoms with Crippen LogP contribution in [0.4, 0.5) is 5.69 Å². The average Bonchev–Trinajstić information content (AvgIpc) is 3.38. The number of nitrogens with zero attached hydrogens (tertiary/aromatic N) is 2. The van der Waals surface area contributed by atoms with Gasteiger partial charge < -0.3 is 14.4 Å². The fraction of sp³-hybridized carbons (Fsp3) is 0.158. The summed E-state index contributed by atoms with van der Waals surface area (Å²) < 4.78 is 11.7. The van der Waals surface area contributed by atoms with E-state index in [-0.39, 0.29) is 12.7 Å². The van der Waals surface area contributed by atoms with E-state index in [0.29, 0.717) is 18.0 Å².